The summed E-state index contributed by atoms with van der Waals surface area (Å²) in [6.45, 7) is 0.633. The largest absolute Gasteiger partial charge is 0.489 e. The molecule has 3 rings (SSSR count). The van der Waals surface area contributed by atoms with E-state index in [1.54, 1.807) is 18.2 Å². The number of nitrogens with one attached hydrogen (secondary N) is 1. The number of hydrogen-bond acceptors (Lipinski definition) is 4. The molecule has 0 fully saturated rings. The van der Waals surface area contributed by atoms with Gasteiger partial charge in [0.1, 0.15) is 24.5 Å². The van der Waals surface area contributed by atoms with Gasteiger partial charge in [0.15, 0.2) is 0 Å². The molecular weight excluding hydrogens is 300 g/mol. The van der Waals surface area contributed by atoms with Crippen LogP contribution in [0.5, 0.6) is 5.75 Å². The molecule has 0 aliphatic heterocycles. The Labute approximate surface area is 142 Å². The molecule has 1 aliphatic carbocycles. The molecule has 124 valence electrons. The molecule has 0 saturated carbocycles. The van der Waals surface area contributed by atoms with Crippen molar-refractivity contribution in [2.45, 2.75) is 31.4 Å². The first-order chi connectivity index (χ1) is 11.8. The van der Waals surface area contributed by atoms with Gasteiger partial charge in [0.2, 0.25) is 0 Å². The first kappa shape index (κ1) is 16.5. The van der Waals surface area contributed by atoms with Gasteiger partial charge in [-0.25, -0.2) is 0 Å². The first-order valence-corrected chi connectivity index (χ1v) is 8.39. The van der Waals surface area contributed by atoms with Crippen LogP contribution < -0.4 is 10.1 Å². The number of fused-ring (bicyclic) bond motifs is 1. The van der Waals surface area contributed by atoms with Gasteiger partial charge >= 0.3 is 0 Å². The zero-order valence-corrected chi connectivity index (χ0v) is 13.6. The van der Waals surface area contributed by atoms with Gasteiger partial charge in [0, 0.05) is 12.6 Å². The molecule has 2 aromatic rings. The van der Waals surface area contributed by atoms with Crippen LogP contribution in [0, 0.1) is 11.3 Å². The molecule has 0 radical (unpaired) electrons. The Morgan fingerprint density at radius 1 is 1.21 bits per heavy atom. The van der Waals surface area contributed by atoms with Crippen molar-refractivity contribution in [2.24, 2.45) is 0 Å². The highest BCUT2D eigenvalue weighted by Gasteiger charge is 2.20. The summed E-state index contributed by atoms with van der Waals surface area (Å²) in [6, 6.07) is 17.9. The standard InChI is InChI=1S/C20H22N2O2/c21-12-16-7-2-4-11-20(16)24-14-17(23)13-22-19-10-5-8-15-6-1-3-9-18(15)19/h1-4,6-7,9,11,17,19,22-23H,5,8,10,13-14H2. The van der Waals surface area contributed by atoms with Crippen LogP contribution in [0.1, 0.15) is 35.6 Å². The van der Waals surface area contributed by atoms with E-state index in [1.807, 2.05) is 6.07 Å². The maximum atomic E-state index is 10.2. The highest BCUT2D eigenvalue weighted by atomic mass is 16.5. The summed E-state index contributed by atoms with van der Waals surface area (Å²) in [7, 11) is 0. The zero-order chi connectivity index (χ0) is 16.8. The van der Waals surface area contributed by atoms with Crippen LogP contribution in [0.4, 0.5) is 0 Å². The van der Waals surface area contributed by atoms with Gasteiger partial charge in [-0.15, -0.1) is 0 Å². The van der Waals surface area contributed by atoms with Gasteiger partial charge in [-0.1, -0.05) is 36.4 Å². The molecule has 2 aromatic carbocycles. The molecule has 4 nitrogen and oxygen atoms in total. The van der Waals surface area contributed by atoms with Crippen LogP contribution in [0.25, 0.3) is 0 Å². The third-order valence-corrected chi connectivity index (χ3v) is 4.41. The maximum Gasteiger partial charge on any atom is 0.137 e. The summed E-state index contributed by atoms with van der Waals surface area (Å²) in [5.74, 6) is 0.516. The van der Waals surface area contributed by atoms with Crippen LogP contribution in [0.2, 0.25) is 0 Å². The lowest BCUT2D eigenvalue weighted by Gasteiger charge is -2.27. The Hall–Kier alpha value is -2.35. The Morgan fingerprint density at radius 2 is 2.00 bits per heavy atom. The van der Waals surface area contributed by atoms with Gasteiger partial charge in [0.25, 0.3) is 0 Å². The van der Waals surface area contributed by atoms with E-state index < -0.39 is 6.10 Å². The molecule has 0 spiro atoms. The van der Waals surface area contributed by atoms with Crippen LogP contribution in [0.3, 0.4) is 0 Å². The quantitative estimate of drug-likeness (QED) is 0.858. The first-order valence-electron chi connectivity index (χ1n) is 8.39. The summed E-state index contributed by atoms with van der Waals surface area (Å²) < 4.78 is 5.59. The minimum absolute atomic E-state index is 0.167. The van der Waals surface area contributed by atoms with Gasteiger partial charge in [0.05, 0.1) is 5.56 Å². The van der Waals surface area contributed by atoms with Crippen LogP contribution >= 0.6 is 0 Å². The predicted molar refractivity (Wildman–Crippen MR) is 92.8 cm³/mol. The highest BCUT2D eigenvalue weighted by Crippen LogP contribution is 2.29. The van der Waals surface area contributed by atoms with E-state index in [2.05, 4.69) is 35.7 Å². The van der Waals surface area contributed by atoms with E-state index in [0.29, 0.717) is 17.9 Å². The van der Waals surface area contributed by atoms with Crippen molar-refractivity contribution >= 4 is 0 Å². The number of aryl methyl sites for hydroxylation is 1. The van der Waals surface area contributed by atoms with Crippen LogP contribution in [-0.2, 0) is 6.42 Å². The molecule has 1 aliphatic rings. The third kappa shape index (κ3) is 3.94. The molecule has 0 saturated heterocycles. The van der Waals surface area contributed by atoms with Crippen molar-refractivity contribution in [3.63, 3.8) is 0 Å². The number of para-hydroxylation sites is 1. The van der Waals surface area contributed by atoms with Gasteiger partial charge in [-0.3, -0.25) is 0 Å². The van der Waals surface area contributed by atoms with E-state index in [9.17, 15) is 5.11 Å². The molecule has 2 N–H and O–H groups in total. The second kappa shape index (κ2) is 7.96. The minimum Gasteiger partial charge on any atom is -0.489 e. The fourth-order valence-electron chi connectivity index (χ4n) is 3.17. The van der Waals surface area contributed by atoms with Crippen molar-refractivity contribution < 1.29 is 9.84 Å². The Morgan fingerprint density at radius 3 is 2.88 bits per heavy atom. The highest BCUT2D eigenvalue weighted by molar-refractivity contribution is 5.42. The van der Waals surface area contributed by atoms with Crippen molar-refractivity contribution in [3.8, 4) is 11.8 Å². The number of hydrogen-bond donors (Lipinski definition) is 2. The molecular formula is C20H22N2O2. The van der Waals surface area contributed by atoms with E-state index in [4.69, 9.17) is 10.00 Å². The monoisotopic (exact) mass is 322 g/mol. The lowest BCUT2D eigenvalue weighted by atomic mass is 9.88. The maximum absolute atomic E-state index is 10.2. The number of ether oxygens (including phenoxy) is 1. The summed E-state index contributed by atoms with van der Waals surface area (Å²) in [5, 5.41) is 22.7. The van der Waals surface area contributed by atoms with Crippen LogP contribution in [0.15, 0.2) is 48.5 Å². The van der Waals surface area contributed by atoms with Crippen LogP contribution in [-0.4, -0.2) is 24.4 Å². The molecule has 0 amide bonds. The SMILES string of the molecule is N#Cc1ccccc1OCC(O)CNC1CCCc2ccccc21. The fourth-order valence-corrected chi connectivity index (χ4v) is 3.17. The van der Waals surface area contributed by atoms with E-state index >= 15 is 0 Å². The second-order valence-electron chi connectivity index (χ2n) is 6.12. The fraction of sp³-hybridized carbons (Fsp3) is 0.350. The summed E-state index contributed by atoms with van der Waals surface area (Å²) in [4.78, 5) is 0. The number of rotatable bonds is 6. The lowest BCUT2D eigenvalue weighted by molar-refractivity contribution is 0.103. The lowest BCUT2D eigenvalue weighted by Crippen LogP contribution is -2.35. The molecule has 0 aromatic heterocycles. The molecule has 24 heavy (non-hydrogen) atoms. The van der Waals surface area contributed by atoms with Gasteiger partial charge in [-0.2, -0.15) is 5.26 Å². The number of nitrogens with zero attached hydrogens (tertiary/aromatic N) is 1. The van der Waals surface area contributed by atoms with Crippen molar-refractivity contribution in [2.75, 3.05) is 13.2 Å². The molecule has 4 heteroatoms. The van der Waals surface area contributed by atoms with Gasteiger partial charge < -0.3 is 15.2 Å². The number of benzene rings is 2. The molecule has 2 atom stereocenters. The molecule has 2 unspecified atom stereocenters. The Bertz CT molecular complexity index is 724. The smallest absolute Gasteiger partial charge is 0.137 e. The number of aliphatic hydroxyl groups excluding tert-OH is 1. The average molecular weight is 322 g/mol. The zero-order valence-electron chi connectivity index (χ0n) is 13.6. The van der Waals surface area contributed by atoms with E-state index in [-0.39, 0.29) is 12.6 Å². The predicted octanol–water partition coefficient (Wildman–Crippen LogP) is 2.97. The van der Waals surface area contributed by atoms with Gasteiger partial charge in [-0.05, 0) is 42.5 Å². The Kier molecular flexibility index (Phi) is 5.47. The van der Waals surface area contributed by atoms with Crippen molar-refractivity contribution in [1.29, 1.82) is 5.26 Å². The van der Waals surface area contributed by atoms with Crippen molar-refractivity contribution in [3.05, 3.63) is 65.2 Å². The van der Waals surface area contributed by atoms with Crippen molar-refractivity contribution in [1.82, 2.24) is 5.32 Å². The molecule has 0 bridgehead atoms. The third-order valence-electron chi connectivity index (χ3n) is 4.41. The second-order valence-corrected chi connectivity index (χ2v) is 6.12. The summed E-state index contributed by atoms with van der Waals surface area (Å²) in [5.41, 5.74) is 3.22. The normalized spacial score (nSPS) is 17.6. The van der Waals surface area contributed by atoms with E-state index in [0.717, 1.165) is 19.3 Å². The van der Waals surface area contributed by atoms with E-state index in [1.165, 1.54) is 11.1 Å². The minimum atomic E-state index is -0.620. The topological polar surface area (TPSA) is 65.3 Å². The Balaban J connectivity index is 1.52. The summed E-state index contributed by atoms with van der Waals surface area (Å²) >= 11 is 0. The average Bonchev–Trinajstić information content (AvgIpc) is 2.64. The number of nitriles is 1. The number of aliphatic hydroxyl groups is 1. The summed E-state index contributed by atoms with van der Waals surface area (Å²) in [6.07, 6.45) is 2.76. The molecule has 0 heterocycles.